The maximum atomic E-state index is 12.9. The van der Waals surface area contributed by atoms with Crippen LogP contribution < -0.4 is 0 Å². The van der Waals surface area contributed by atoms with E-state index in [-0.39, 0.29) is 10.2 Å². The maximum absolute atomic E-state index is 12.9. The Labute approximate surface area is 505 Å². The first-order valence-corrected chi connectivity index (χ1v) is 37.8. The van der Waals surface area contributed by atoms with Crippen LogP contribution in [0.15, 0.2) is 0 Å². The minimum Gasteiger partial charge on any atom is -0.392 e. The lowest BCUT2D eigenvalue weighted by molar-refractivity contribution is -0.111. The van der Waals surface area contributed by atoms with E-state index < -0.39 is 24.4 Å². The number of thioether (sulfide) groups is 3. The van der Waals surface area contributed by atoms with Crippen LogP contribution in [0.3, 0.4) is 0 Å². The molecule has 4 atom stereocenters. The second kappa shape index (κ2) is 64.2. The van der Waals surface area contributed by atoms with Crippen LogP contribution in [-0.2, 0) is 9.59 Å². The highest BCUT2D eigenvalue weighted by Crippen LogP contribution is 2.20. The molecule has 11 heteroatoms. The first-order valence-electron chi connectivity index (χ1n) is 34.7. The smallest absolute Gasteiger partial charge is 0.189 e. The molecule has 0 saturated heterocycles. The van der Waals surface area contributed by atoms with Gasteiger partial charge in [0.05, 0.1) is 24.4 Å². The largest absolute Gasteiger partial charge is 0.392 e. The number of unbranched alkanes of at least 4 members (excludes halogenated alkanes) is 36. The molecule has 4 unspecified atom stereocenters. The molecule has 0 bridgehead atoms. The first-order chi connectivity index (χ1) is 38.6. The van der Waals surface area contributed by atoms with Gasteiger partial charge in [-0.05, 0) is 51.6 Å². The van der Waals surface area contributed by atoms with Gasteiger partial charge < -0.3 is 20.4 Å². The number of aliphatic hydroxyl groups excluding tert-OH is 4. The average molecular weight is 1170 g/mol. The van der Waals surface area contributed by atoms with Crippen LogP contribution in [0, 0.1) is 0 Å². The van der Waals surface area contributed by atoms with Crippen molar-refractivity contribution in [1.29, 1.82) is 0 Å². The Kier molecular flexibility index (Phi) is 64.3. The van der Waals surface area contributed by atoms with Crippen molar-refractivity contribution < 1.29 is 30.0 Å². The zero-order valence-corrected chi connectivity index (χ0v) is 55.5. The summed E-state index contributed by atoms with van der Waals surface area (Å²) in [6.07, 6.45) is 55.4. The van der Waals surface area contributed by atoms with Gasteiger partial charge in [0.1, 0.15) is 0 Å². The molecule has 4 N–H and O–H groups in total. The summed E-state index contributed by atoms with van der Waals surface area (Å²) in [6.45, 7) is 12.8. The third kappa shape index (κ3) is 61.1. The predicted molar refractivity (Wildman–Crippen MR) is 353 cm³/mol. The van der Waals surface area contributed by atoms with E-state index in [1.54, 1.807) is 0 Å². The zero-order valence-electron chi connectivity index (χ0n) is 53.0. The van der Waals surface area contributed by atoms with Crippen molar-refractivity contribution in [3.8, 4) is 0 Å². The van der Waals surface area contributed by atoms with Crippen LogP contribution in [0.2, 0.25) is 0 Å². The number of carbonyl (C=O) groups excluding carboxylic acids is 2. The van der Waals surface area contributed by atoms with Gasteiger partial charge in [-0.3, -0.25) is 19.4 Å². The lowest BCUT2D eigenvalue weighted by Crippen LogP contribution is -2.38. The van der Waals surface area contributed by atoms with Crippen LogP contribution >= 0.6 is 35.3 Å². The third-order valence-corrected chi connectivity index (χ3v) is 19.5. The van der Waals surface area contributed by atoms with Crippen LogP contribution in [0.1, 0.15) is 336 Å². The Morgan fingerprint density at radius 1 is 0.291 bits per heavy atom. The van der Waals surface area contributed by atoms with Gasteiger partial charge in [0.2, 0.25) is 0 Å². The van der Waals surface area contributed by atoms with Crippen molar-refractivity contribution in [3.05, 3.63) is 0 Å². The molecule has 472 valence electrons. The summed E-state index contributed by atoms with van der Waals surface area (Å²) in [5.74, 6) is 3.30. The van der Waals surface area contributed by atoms with E-state index in [4.69, 9.17) is 0 Å². The van der Waals surface area contributed by atoms with Gasteiger partial charge in [-0.25, -0.2) is 0 Å². The predicted octanol–water partition coefficient (Wildman–Crippen LogP) is 19.1. The molecule has 0 heterocycles. The molecule has 0 aromatic carbocycles. The molecule has 0 amide bonds. The molecule has 0 saturated carbocycles. The van der Waals surface area contributed by atoms with E-state index in [1.807, 2.05) is 11.8 Å². The molecule has 8 nitrogen and oxygen atoms in total. The molecule has 0 aromatic rings. The Hall–Kier alpha value is 0.150. The van der Waals surface area contributed by atoms with Gasteiger partial charge in [-0.2, -0.15) is 11.8 Å². The van der Waals surface area contributed by atoms with Crippen LogP contribution in [0.25, 0.3) is 0 Å². The number of rotatable bonds is 66. The van der Waals surface area contributed by atoms with Crippen molar-refractivity contribution in [1.82, 2.24) is 9.80 Å². The minimum absolute atomic E-state index is 0.216. The van der Waals surface area contributed by atoms with E-state index in [9.17, 15) is 30.0 Å². The Balaban J connectivity index is 4.69. The molecule has 0 spiro atoms. The fourth-order valence-corrected chi connectivity index (χ4v) is 14.0. The molecular weight excluding hydrogens is 1040 g/mol. The Morgan fingerprint density at radius 2 is 0.494 bits per heavy atom. The molecule has 0 aliphatic rings. The minimum atomic E-state index is -0.401. The summed E-state index contributed by atoms with van der Waals surface area (Å²) in [6, 6.07) is 0. The van der Waals surface area contributed by atoms with Crippen molar-refractivity contribution in [2.75, 3.05) is 62.3 Å². The van der Waals surface area contributed by atoms with Gasteiger partial charge in [-0.1, -0.05) is 308 Å². The van der Waals surface area contributed by atoms with E-state index in [2.05, 4.69) is 37.5 Å². The van der Waals surface area contributed by atoms with Crippen molar-refractivity contribution in [3.63, 3.8) is 0 Å². The fraction of sp³-hybridized carbons (Fsp3) is 0.971. The molecule has 0 aliphatic heterocycles. The lowest BCUT2D eigenvalue weighted by atomic mass is 10.0. The molecule has 0 aromatic heterocycles. The van der Waals surface area contributed by atoms with Crippen molar-refractivity contribution in [2.24, 2.45) is 0 Å². The third-order valence-electron chi connectivity index (χ3n) is 16.1. The Bertz CT molecular complexity index is 1080. The zero-order chi connectivity index (χ0) is 57.8. The second-order valence-electron chi connectivity index (χ2n) is 24.3. The number of hydrogen-bond acceptors (Lipinski definition) is 11. The quantitative estimate of drug-likeness (QED) is 0.0436. The van der Waals surface area contributed by atoms with Gasteiger partial charge in [0.15, 0.2) is 10.2 Å². The normalized spacial score (nSPS) is 13.5. The first kappa shape index (κ1) is 79.2. The highest BCUT2D eigenvalue weighted by Gasteiger charge is 2.19. The molecule has 0 fully saturated rings. The summed E-state index contributed by atoms with van der Waals surface area (Å²) >= 11 is 4.65. The summed E-state index contributed by atoms with van der Waals surface area (Å²) < 4.78 is 0. The van der Waals surface area contributed by atoms with E-state index in [0.29, 0.717) is 39.0 Å². The number of nitrogens with zero attached hydrogens (tertiary/aromatic N) is 2. The highest BCUT2D eigenvalue weighted by molar-refractivity contribution is 8.15. The summed E-state index contributed by atoms with van der Waals surface area (Å²) in [5, 5.41) is 44.7. The number of aliphatic hydroxyl groups is 4. The topological polar surface area (TPSA) is 122 Å². The maximum Gasteiger partial charge on any atom is 0.189 e. The molecule has 0 radical (unpaired) electrons. The average Bonchev–Trinajstić information content (AvgIpc) is 3.42. The second-order valence-corrected chi connectivity index (χ2v) is 27.8. The monoisotopic (exact) mass is 1170 g/mol. The molecule has 0 aliphatic carbocycles. The highest BCUT2D eigenvalue weighted by atomic mass is 32.2. The van der Waals surface area contributed by atoms with E-state index in [1.165, 1.54) is 255 Å². The van der Waals surface area contributed by atoms with Crippen LogP contribution in [0.5, 0.6) is 0 Å². The van der Waals surface area contributed by atoms with E-state index in [0.717, 1.165) is 100 Å². The van der Waals surface area contributed by atoms with Gasteiger partial charge in [0.25, 0.3) is 0 Å². The summed E-state index contributed by atoms with van der Waals surface area (Å²) in [4.78, 5) is 30.3. The molecule has 0 rings (SSSR count). The van der Waals surface area contributed by atoms with Crippen LogP contribution in [0.4, 0.5) is 0 Å². The van der Waals surface area contributed by atoms with Gasteiger partial charge >= 0.3 is 0 Å². The summed E-state index contributed by atoms with van der Waals surface area (Å²) in [7, 11) is 0. The lowest BCUT2D eigenvalue weighted by Gasteiger charge is -2.27. The Morgan fingerprint density at radius 3 is 0.709 bits per heavy atom. The molecular formula is C68H136N2O6S3. The van der Waals surface area contributed by atoms with Crippen molar-refractivity contribution in [2.45, 2.75) is 360 Å². The van der Waals surface area contributed by atoms with E-state index >= 15 is 0 Å². The van der Waals surface area contributed by atoms with Gasteiger partial charge in [0, 0.05) is 62.0 Å². The van der Waals surface area contributed by atoms with Crippen LogP contribution in [-0.4, -0.2) is 127 Å². The fourth-order valence-electron chi connectivity index (χ4n) is 11.1. The standard InChI is InChI=1S/C68H136N2O6S3/c1-5-9-13-17-21-25-29-33-37-41-47-63(71)59-69(60-64(72)48-42-38-34-30-26-22-18-14-10-6-2)53-45-51-67(75)78-57-55-77-56-58-79-68(76)52-46-54-70(61-65(73)49-43-39-35-31-27-23-19-15-11-7-3)62-66(74)50-44-40-36-32-28-24-20-16-12-8-4/h63-66,71-74H,5-62H2,1-4H3. The van der Waals surface area contributed by atoms with Crippen molar-refractivity contribution >= 4 is 45.5 Å². The number of carbonyl (C=O) groups is 2. The SMILES string of the molecule is CCCCCCCCCCCCC(O)CN(CCCC(=O)SCCSCCSC(=O)CCCN(CC(O)CCCCCCCCCCCC)CC(O)CCCCCCCCCCCC)CC(O)CCCCCCCCCCCC. The molecule has 79 heavy (non-hydrogen) atoms. The number of hydrogen-bond donors (Lipinski definition) is 4. The van der Waals surface area contributed by atoms with Gasteiger partial charge in [-0.15, -0.1) is 0 Å². The summed E-state index contributed by atoms with van der Waals surface area (Å²) in [5.41, 5.74) is 0.